The SMILES string of the molecule is CCC1CCC(CNC(=NC)NCC2CC(=O)Nc3ccccc32)CC1.I. The molecule has 3 rings (SSSR count). The van der Waals surface area contributed by atoms with Crippen molar-refractivity contribution in [3.63, 3.8) is 0 Å². The number of rotatable bonds is 5. The average molecular weight is 484 g/mol. The third-order valence-electron chi connectivity index (χ3n) is 5.95. The van der Waals surface area contributed by atoms with E-state index in [-0.39, 0.29) is 35.8 Å². The van der Waals surface area contributed by atoms with Crippen LogP contribution < -0.4 is 16.0 Å². The fourth-order valence-corrected chi connectivity index (χ4v) is 4.21. The Kier molecular flexibility index (Phi) is 8.86. The van der Waals surface area contributed by atoms with E-state index >= 15 is 0 Å². The molecule has 150 valence electrons. The molecule has 1 aliphatic heterocycles. The molecule has 1 aromatic rings. The van der Waals surface area contributed by atoms with Crippen molar-refractivity contribution in [2.45, 2.75) is 51.4 Å². The first-order chi connectivity index (χ1) is 12.7. The van der Waals surface area contributed by atoms with E-state index < -0.39 is 0 Å². The Hall–Kier alpha value is -1.31. The highest BCUT2D eigenvalue weighted by Crippen LogP contribution is 2.31. The number of benzene rings is 1. The van der Waals surface area contributed by atoms with Crippen molar-refractivity contribution in [3.8, 4) is 0 Å². The van der Waals surface area contributed by atoms with Crippen LogP contribution in [0.2, 0.25) is 0 Å². The Morgan fingerprint density at radius 1 is 1.11 bits per heavy atom. The highest BCUT2D eigenvalue weighted by Gasteiger charge is 2.25. The Balaban J connectivity index is 0.00000261. The summed E-state index contributed by atoms with van der Waals surface area (Å²) >= 11 is 0. The molecule has 0 aromatic heterocycles. The molecule has 5 nitrogen and oxygen atoms in total. The van der Waals surface area contributed by atoms with Crippen molar-refractivity contribution >= 4 is 41.5 Å². The minimum Gasteiger partial charge on any atom is -0.356 e. The van der Waals surface area contributed by atoms with E-state index in [9.17, 15) is 4.79 Å². The predicted molar refractivity (Wildman–Crippen MR) is 123 cm³/mol. The lowest BCUT2D eigenvalue weighted by Gasteiger charge is -2.29. The average Bonchev–Trinajstić information content (AvgIpc) is 2.68. The number of aliphatic imine (C=N–C) groups is 1. The first-order valence-corrected chi connectivity index (χ1v) is 10.0. The highest BCUT2D eigenvalue weighted by molar-refractivity contribution is 14.0. The number of amides is 1. The number of carbonyl (C=O) groups is 1. The van der Waals surface area contributed by atoms with Crippen LogP contribution in [0, 0.1) is 11.8 Å². The summed E-state index contributed by atoms with van der Waals surface area (Å²) in [5, 5.41) is 9.86. The summed E-state index contributed by atoms with van der Waals surface area (Å²) in [6.07, 6.45) is 7.20. The van der Waals surface area contributed by atoms with Gasteiger partial charge in [0.2, 0.25) is 5.91 Å². The lowest BCUT2D eigenvalue weighted by atomic mass is 9.81. The molecule has 1 fully saturated rings. The summed E-state index contributed by atoms with van der Waals surface area (Å²) in [5.41, 5.74) is 2.14. The van der Waals surface area contributed by atoms with E-state index in [4.69, 9.17) is 0 Å². The fourth-order valence-electron chi connectivity index (χ4n) is 4.21. The summed E-state index contributed by atoms with van der Waals surface area (Å²) in [6, 6.07) is 8.06. The lowest BCUT2D eigenvalue weighted by Crippen LogP contribution is -2.42. The molecule has 0 spiro atoms. The predicted octanol–water partition coefficient (Wildman–Crippen LogP) is 4.11. The molecule has 1 atom stereocenters. The molecular formula is C21H33IN4O. The van der Waals surface area contributed by atoms with Crippen LogP contribution in [-0.2, 0) is 4.79 Å². The largest absolute Gasteiger partial charge is 0.356 e. The van der Waals surface area contributed by atoms with Gasteiger partial charge in [-0.15, -0.1) is 24.0 Å². The molecule has 1 aromatic carbocycles. The molecule has 2 aliphatic rings. The van der Waals surface area contributed by atoms with Gasteiger partial charge in [-0.05, 0) is 36.3 Å². The second kappa shape index (κ2) is 10.9. The zero-order chi connectivity index (χ0) is 18.4. The molecule has 3 N–H and O–H groups in total. The second-order valence-corrected chi connectivity index (χ2v) is 7.67. The van der Waals surface area contributed by atoms with Crippen molar-refractivity contribution in [1.82, 2.24) is 10.6 Å². The monoisotopic (exact) mass is 484 g/mol. The van der Waals surface area contributed by atoms with Crippen LogP contribution in [0.15, 0.2) is 29.3 Å². The minimum atomic E-state index is 0. The van der Waals surface area contributed by atoms with Crippen LogP contribution in [0.1, 0.15) is 56.9 Å². The zero-order valence-electron chi connectivity index (χ0n) is 16.5. The van der Waals surface area contributed by atoms with Gasteiger partial charge in [0.05, 0.1) is 0 Å². The third kappa shape index (κ3) is 6.09. The maximum absolute atomic E-state index is 11.9. The van der Waals surface area contributed by atoms with Gasteiger partial charge >= 0.3 is 0 Å². The van der Waals surface area contributed by atoms with E-state index in [1.807, 2.05) is 25.2 Å². The Labute approximate surface area is 180 Å². The van der Waals surface area contributed by atoms with Crippen LogP contribution in [-0.4, -0.2) is 32.0 Å². The molecule has 1 heterocycles. The molecule has 0 saturated heterocycles. The van der Waals surface area contributed by atoms with Gasteiger partial charge in [0, 0.05) is 38.2 Å². The third-order valence-corrected chi connectivity index (χ3v) is 5.95. The summed E-state index contributed by atoms with van der Waals surface area (Å²) in [4.78, 5) is 16.3. The van der Waals surface area contributed by atoms with Gasteiger partial charge in [-0.25, -0.2) is 0 Å². The number of anilines is 1. The summed E-state index contributed by atoms with van der Waals surface area (Å²) < 4.78 is 0. The number of nitrogens with zero attached hydrogens (tertiary/aromatic N) is 1. The van der Waals surface area contributed by atoms with E-state index in [1.165, 1.54) is 37.7 Å². The number of fused-ring (bicyclic) bond motifs is 1. The first-order valence-electron chi connectivity index (χ1n) is 10.0. The Morgan fingerprint density at radius 3 is 2.48 bits per heavy atom. The Morgan fingerprint density at radius 2 is 1.78 bits per heavy atom. The number of hydrogen-bond acceptors (Lipinski definition) is 2. The van der Waals surface area contributed by atoms with Crippen LogP contribution in [0.4, 0.5) is 5.69 Å². The molecule has 1 aliphatic carbocycles. The number of nitrogens with one attached hydrogen (secondary N) is 3. The molecule has 1 unspecified atom stereocenters. The van der Waals surface area contributed by atoms with Crippen LogP contribution in [0.25, 0.3) is 0 Å². The highest BCUT2D eigenvalue weighted by atomic mass is 127. The van der Waals surface area contributed by atoms with Crippen molar-refractivity contribution in [2.75, 3.05) is 25.5 Å². The van der Waals surface area contributed by atoms with Gasteiger partial charge in [-0.3, -0.25) is 9.79 Å². The molecule has 6 heteroatoms. The van der Waals surface area contributed by atoms with Crippen LogP contribution in [0.3, 0.4) is 0 Å². The quantitative estimate of drug-likeness (QED) is 0.335. The number of para-hydroxylation sites is 1. The van der Waals surface area contributed by atoms with E-state index in [0.29, 0.717) is 13.0 Å². The van der Waals surface area contributed by atoms with Gasteiger partial charge in [0.1, 0.15) is 0 Å². The van der Waals surface area contributed by atoms with Gasteiger partial charge in [-0.1, -0.05) is 44.4 Å². The van der Waals surface area contributed by atoms with Crippen LogP contribution in [0.5, 0.6) is 0 Å². The van der Waals surface area contributed by atoms with Crippen molar-refractivity contribution in [2.24, 2.45) is 16.8 Å². The standard InChI is InChI=1S/C21H32N4O.HI/c1-3-15-8-10-16(11-9-15)13-23-21(22-2)24-14-17-12-20(26)25-19-7-5-4-6-18(17)19;/h4-7,15-17H,3,8-14H2,1-2H3,(H,25,26)(H2,22,23,24);1H. The molecule has 0 radical (unpaired) electrons. The number of hydrogen-bond donors (Lipinski definition) is 3. The summed E-state index contributed by atoms with van der Waals surface area (Å²) in [5.74, 6) is 2.79. The molecular weight excluding hydrogens is 451 g/mol. The summed E-state index contributed by atoms with van der Waals surface area (Å²) in [6.45, 7) is 4.00. The van der Waals surface area contributed by atoms with E-state index in [0.717, 1.165) is 30.0 Å². The van der Waals surface area contributed by atoms with Crippen molar-refractivity contribution in [1.29, 1.82) is 0 Å². The van der Waals surface area contributed by atoms with Gasteiger partial charge in [0.25, 0.3) is 0 Å². The maximum atomic E-state index is 11.9. The number of carbonyl (C=O) groups excluding carboxylic acids is 1. The normalized spacial score (nSPS) is 25.0. The van der Waals surface area contributed by atoms with E-state index in [1.54, 1.807) is 0 Å². The smallest absolute Gasteiger partial charge is 0.225 e. The molecule has 1 amide bonds. The van der Waals surface area contributed by atoms with Gasteiger partial charge in [-0.2, -0.15) is 0 Å². The Bertz CT molecular complexity index is 641. The van der Waals surface area contributed by atoms with Crippen molar-refractivity contribution < 1.29 is 4.79 Å². The second-order valence-electron chi connectivity index (χ2n) is 7.67. The summed E-state index contributed by atoms with van der Waals surface area (Å²) in [7, 11) is 1.81. The molecule has 0 bridgehead atoms. The van der Waals surface area contributed by atoms with Crippen molar-refractivity contribution in [3.05, 3.63) is 29.8 Å². The molecule has 1 saturated carbocycles. The van der Waals surface area contributed by atoms with Crippen LogP contribution >= 0.6 is 24.0 Å². The number of guanidine groups is 1. The fraction of sp³-hybridized carbons (Fsp3) is 0.619. The molecule has 27 heavy (non-hydrogen) atoms. The topological polar surface area (TPSA) is 65.5 Å². The van der Waals surface area contributed by atoms with E-state index in [2.05, 4.69) is 33.9 Å². The lowest BCUT2D eigenvalue weighted by molar-refractivity contribution is -0.116. The minimum absolute atomic E-state index is 0. The number of halogens is 1. The first kappa shape index (κ1) is 22.0. The van der Waals surface area contributed by atoms with Gasteiger partial charge in [0.15, 0.2) is 5.96 Å². The zero-order valence-corrected chi connectivity index (χ0v) is 18.8. The van der Waals surface area contributed by atoms with Gasteiger partial charge < -0.3 is 16.0 Å². The maximum Gasteiger partial charge on any atom is 0.225 e.